The number of aliphatic carboxylic acids is 1. The van der Waals surface area contributed by atoms with Crippen molar-refractivity contribution in [1.82, 2.24) is 24.6 Å². The van der Waals surface area contributed by atoms with Gasteiger partial charge in [0.1, 0.15) is 5.82 Å². The molecule has 2 aromatic rings. The maximum absolute atomic E-state index is 13.0. The standard InChI is InChI=1S/C22H31N5O.C2HF3O2/c1-2-7-18-8-10-19(11-9-18)22(28)26-14-6-15-27-20(23-24-21(27)17-26)16-25-12-4-3-5-13-25;3-2(4,5)1(6)7/h8-11H,2-7,12-17H2,1H3;(H,6,7). The number of carboxylic acid groups (broad SMARTS) is 1. The summed E-state index contributed by atoms with van der Waals surface area (Å²) in [5.41, 5.74) is 2.05. The van der Waals surface area contributed by atoms with Crippen molar-refractivity contribution in [2.45, 2.75) is 71.3 Å². The molecule has 1 amide bonds. The summed E-state index contributed by atoms with van der Waals surface area (Å²) in [6, 6.07) is 8.08. The number of alkyl halides is 3. The minimum atomic E-state index is -5.08. The van der Waals surface area contributed by atoms with E-state index in [0.717, 1.165) is 69.2 Å². The summed E-state index contributed by atoms with van der Waals surface area (Å²) in [7, 11) is 0. The molecule has 0 radical (unpaired) electrons. The Morgan fingerprint density at radius 3 is 2.23 bits per heavy atom. The van der Waals surface area contributed by atoms with Gasteiger partial charge < -0.3 is 14.6 Å². The Hall–Kier alpha value is -2.95. The van der Waals surface area contributed by atoms with Crippen LogP contribution in [0.25, 0.3) is 0 Å². The summed E-state index contributed by atoms with van der Waals surface area (Å²) in [4.78, 5) is 26.3. The molecule has 8 nitrogen and oxygen atoms in total. The Kier molecular flexibility index (Phi) is 9.25. The zero-order chi connectivity index (χ0) is 25.4. The Morgan fingerprint density at radius 2 is 1.63 bits per heavy atom. The zero-order valence-electron chi connectivity index (χ0n) is 19.9. The number of rotatable bonds is 5. The fourth-order valence-corrected chi connectivity index (χ4v) is 4.31. The van der Waals surface area contributed by atoms with Crippen LogP contribution >= 0.6 is 0 Å². The first-order valence-corrected chi connectivity index (χ1v) is 12.0. The predicted octanol–water partition coefficient (Wildman–Crippen LogP) is 3.90. The van der Waals surface area contributed by atoms with Gasteiger partial charge in [0.25, 0.3) is 5.91 Å². The third-order valence-electron chi connectivity index (χ3n) is 6.13. The van der Waals surface area contributed by atoms with E-state index in [0.29, 0.717) is 6.54 Å². The van der Waals surface area contributed by atoms with Crippen molar-refractivity contribution in [2.24, 2.45) is 0 Å². The predicted molar refractivity (Wildman–Crippen MR) is 123 cm³/mol. The lowest BCUT2D eigenvalue weighted by Gasteiger charge is -2.25. The Bertz CT molecular complexity index is 985. The molecule has 0 atom stereocenters. The number of amides is 1. The first kappa shape index (κ1) is 26.7. The first-order valence-electron chi connectivity index (χ1n) is 12.0. The van der Waals surface area contributed by atoms with E-state index >= 15 is 0 Å². The molecule has 0 bridgehead atoms. The van der Waals surface area contributed by atoms with Gasteiger partial charge in [0.2, 0.25) is 0 Å². The summed E-state index contributed by atoms with van der Waals surface area (Å²) in [6.07, 6.45) is 1.93. The molecule has 0 aliphatic carbocycles. The topological polar surface area (TPSA) is 91.6 Å². The van der Waals surface area contributed by atoms with Crippen molar-refractivity contribution in [3.63, 3.8) is 0 Å². The summed E-state index contributed by atoms with van der Waals surface area (Å²) >= 11 is 0. The SMILES string of the molecule is CCCc1ccc(C(=O)N2CCCn3c(CN4CCCCC4)nnc3C2)cc1.O=C(O)C(F)(F)F. The second kappa shape index (κ2) is 12.1. The van der Waals surface area contributed by atoms with E-state index in [1.807, 2.05) is 17.0 Å². The average molecular weight is 496 g/mol. The second-order valence-electron chi connectivity index (χ2n) is 8.85. The van der Waals surface area contributed by atoms with Crippen LogP contribution in [0.1, 0.15) is 66.6 Å². The molecule has 1 N–H and O–H groups in total. The number of piperidine rings is 1. The highest BCUT2D eigenvalue weighted by atomic mass is 19.4. The molecular weight excluding hydrogens is 463 g/mol. The number of likely N-dealkylation sites (tertiary alicyclic amines) is 1. The van der Waals surface area contributed by atoms with Crippen LogP contribution in [0.4, 0.5) is 13.2 Å². The van der Waals surface area contributed by atoms with Crippen LogP contribution in [0.2, 0.25) is 0 Å². The van der Waals surface area contributed by atoms with E-state index in [2.05, 4.69) is 38.7 Å². The van der Waals surface area contributed by atoms with Crippen LogP contribution < -0.4 is 0 Å². The molecule has 11 heteroatoms. The first-order chi connectivity index (χ1) is 16.7. The van der Waals surface area contributed by atoms with Gasteiger partial charge in [-0.05, 0) is 56.5 Å². The highest BCUT2D eigenvalue weighted by Crippen LogP contribution is 2.19. The molecule has 192 valence electrons. The van der Waals surface area contributed by atoms with Crippen molar-refractivity contribution in [3.05, 3.63) is 47.0 Å². The van der Waals surface area contributed by atoms with Crippen molar-refractivity contribution < 1.29 is 27.9 Å². The largest absolute Gasteiger partial charge is 0.490 e. The molecule has 1 saturated heterocycles. The molecule has 0 saturated carbocycles. The van der Waals surface area contributed by atoms with Gasteiger partial charge in [-0.3, -0.25) is 9.69 Å². The number of halogens is 3. The van der Waals surface area contributed by atoms with Crippen molar-refractivity contribution in [2.75, 3.05) is 19.6 Å². The summed E-state index contributed by atoms with van der Waals surface area (Å²) in [6.45, 7) is 7.56. The Balaban J connectivity index is 0.000000429. The van der Waals surface area contributed by atoms with Crippen molar-refractivity contribution >= 4 is 11.9 Å². The number of carboxylic acids is 1. The number of aromatic nitrogens is 3. The molecule has 0 spiro atoms. The normalized spacial score (nSPS) is 16.6. The highest BCUT2D eigenvalue weighted by molar-refractivity contribution is 5.94. The van der Waals surface area contributed by atoms with Crippen molar-refractivity contribution in [3.8, 4) is 0 Å². The lowest BCUT2D eigenvalue weighted by Crippen LogP contribution is -2.31. The summed E-state index contributed by atoms with van der Waals surface area (Å²) in [5, 5.41) is 16.0. The highest BCUT2D eigenvalue weighted by Gasteiger charge is 2.38. The van der Waals surface area contributed by atoms with E-state index in [4.69, 9.17) is 9.90 Å². The van der Waals surface area contributed by atoms with E-state index in [-0.39, 0.29) is 5.91 Å². The summed E-state index contributed by atoms with van der Waals surface area (Å²) < 4.78 is 34.0. The van der Waals surface area contributed by atoms with Gasteiger partial charge in [-0.1, -0.05) is 31.9 Å². The van der Waals surface area contributed by atoms with E-state index in [1.54, 1.807) is 0 Å². The number of nitrogens with zero attached hydrogens (tertiary/aromatic N) is 5. The number of carbonyl (C=O) groups excluding carboxylic acids is 1. The quantitative estimate of drug-likeness (QED) is 0.677. The van der Waals surface area contributed by atoms with Crippen LogP contribution in [-0.2, 0) is 30.8 Å². The lowest BCUT2D eigenvalue weighted by molar-refractivity contribution is -0.192. The third kappa shape index (κ3) is 7.51. The smallest absolute Gasteiger partial charge is 0.475 e. The van der Waals surface area contributed by atoms with Crippen LogP contribution in [0.3, 0.4) is 0 Å². The molecule has 4 rings (SSSR count). The van der Waals surface area contributed by atoms with Gasteiger partial charge in [-0.25, -0.2) is 4.79 Å². The van der Waals surface area contributed by atoms with Crippen LogP contribution in [-0.4, -0.2) is 67.4 Å². The molecule has 0 unspecified atom stereocenters. The lowest BCUT2D eigenvalue weighted by atomic mass is 10.1. The minimum absolute atomic E-state index is 0.0945. The summed E-state index contributed by atoms with van der Waals surface area (Å²) in [5.74, 6) is -0.694. The minimum Gasteiger partial charge on any atom is -0.475 e. The number of hydrogen-bond donors (Lipinski definition) is 1. The van der Waals surface area contributed by atoms with E-state index < -0.39 is 12.1 Å². The van der Waals surface area contributed by atoms with Crippen molar-refractivity contribution in [1.29, 1.82) is 0 Å². The molecule has 3 heterocycles. The molecular formula is C24H32F3N5O3. The van der Waals surface area contributed by atoms with Gasteiger partial charge in [0.15, 0.2) is 5.82 Å². The monoisotopic (exact) mass is 495 g/mol. The maximum Gasteiger partial charge on any atom is 0.490 e. The van der Waals surface area contributed by atoms with Crippen LogP contribution in [0, 0.1) is 0 Å². The van der Waals surface area contributed by atoms with Gasteiger partial charge >= 0.3 is 12.1 Å². The number of benzene rings is 1. The van der Waals surface area contributed by atoms with Crippen LogP contribution in [0.15, 0.2) is 24.3 Å². The fraction of sp³-hybridized carbons (Fsp3) is 0.583. The molecule has 35 heavy (non-hydrogen) atoms. The Labute approximate surface area is 202 Å². The van der Waals surface area contributed by atoms with Gasteiger partial charge in [0, 0.05) is 18.7 Å². The van der Waals surface area contributed by atoms with Gasteiger partial charge in [-0.2, -0.15) is 13.2 Å². The molecule has 1 fully saturated rings. The number of carbonyl (C=O) groups is 2. The average Bonchev–Trinajstić information content (AvgIpc) is 3.07. The van der Waals surface area contributed by atoms with Gasteiger partial charge in [0.05, 0.1) is 13.1 Å². The number of aryl methyl sites for hydroxylation is 1. The van der Waals surface area contributed by atoms with Gasteiger partial charge in [-0.15, -0.1) is 10.2 Å². The molecule has 1 aromatic heterocycles. The number of fused-ring (bicyclic) bond motifs is 1. The van der Waals surface area contributed by atoms with E-state index in [1.165, 1.54) is 24.8 Å². The zero-order valence-corrected chi connectivity index (χ0v) is 19.9. The number of hydrogen-bond acceptors (Lipinski definition) is 5. The third-order valence-corrected chi connectivity index (χ3v) is 6.13. The Morgan fingerprint density at radius 1 is 0.971 bits per heavy atom. The fourth-order valence-electron chi connectivity index (χ4n) is 4.31. The molecule has 2 aliphatic rings. The van der Waals surface area contributed by atoms with Crippen LogP contribution in [0.5, 0.6) is 0 Å². The van der Waals surface area contributed by atoms with E-state index in [9.17, 15) is 18.0 Å². The maximum atomic E-state index is 13.0. The molecule has 2 aliphatic heterocycles. The molecule has 1 aromatic carbocycles. The second-order valence-corrected chi connectivity index (χ2v) is 8.85.